The first-order valence-corrected chi connectivity index (χ1v) is 10.0. The molecule has 1 aliphatic heterocycles. The summed E-state index contributed by atoms with van der Waals surface area (Å²) in [5.74, 6) is 3.86. The summed E-state index contributed by atoms with van der Waals surface area (Å²) in [7, 11) is 6.60. The van der Waals surface area contributed by atoms with Crippen molar-refractivity contribution < 1.29 is 14.2 Å². The Labute approximate surface area is 169 Å². The van der Waals surface area contributed by atoms with E-state index in [9.17, 15) is 0 Å². The molecule has 0 saturated carbocycles. The van der Waals surface area contributed by atoms with Gasteiger partial charge >= 0.3 is 0 Å². The van der Waals surface area contributed by atoms with Crippen LogP contribution in [0.15, 0.2) is 17.1 Å². The van der Waals surface area contributed by atoms with Gasteiger partial charge in [-0.05, 0) is 31.2 Å². The normalized spacial score (nSPS) is 18.1. The number of hydrogen-bond acceptors (Lipinski definition) is 5. The number of methoxy groups -OCH3 is 3. The molecule has 1 saturated heterocycles. The Balaban J connectivity index is 1.97. The second-order valence-electron chi connectivity index (χ2n) is 7.65. The van der Waals surface area contributed by atoms with E-state index in [-0.39, 0.29) is 0 Å². The Hall–Kier alpha value is -2.15. The second kappa shape index (κ2) is 11.0. The highest BCUT2D eigenvalue weighted by molar-refractivity contribution is 5.94. The van der Waals surface area contributed by atoms with E-state index in [0.29, 0.717) is 29.1 Å². The zero-order chi connectivity index (χ0) is 20.5. The Kier molecular flexibility index (Phi) is 8.70. The Morgan fingerprint density at radius 2 is 1.86 bits per heavy atom. The van der Waals surface area contributed by atoms with Gasteiger partial charge in [0.2, 0.25) is 5.75 Å². The van der Waals surface area contributed by atoms with E-state index >= 15 is 0 Å². The van der Waals surface area contributed by atoms with Gasteiger partial charge in [0, 0.05) is 44.5 Å². The van der Waals surface area contributed by atoms with Crippen molar-refractivity contribution >= 4 is 11.6 Å². The molecule has 7 nitrogen and oxygen atoms in total. The lowest BCUT2D eigenvalue weighted by molar-refractivity contribution is 0.159. The number of aliphatic imine (C=N–C) groups is 1. The van der Waals surface area contributed by atoms with Crippen LogP contribution in [-0.2, 0) is 0 Å². The molecule has 1 fully saturated rings. The van der Waals surface area contributed by atoms with Crippen LogP contribution in [0.5, 0.6) is 17.2 Å². The maximum absolute atomic E-state index is 5.42. The van der Waals surface area contributed by atoms with E-state index in [0.717, 1.165) is 24.7 Å². The predicted molar refractivity (Wildman–Crippen MR) is 115 cm³/mol. The number of benzene rings is 1. The molecule has 2 N–H and O–H groups in total. The first-order valence-electron chi connectivity index (χ1n) is 10.0. The minimum absolute atomic E-state index is 0.575. The third-order valence-electron chi connectivity index (χ3n) is 4.94. The van der Waals surface area contributed by atoms with Crippen molar-refractivity contribution in [1.82, 2.24) is 10.2 Å². The third kappa shape index (κ3) is 6.19. The van der Waals surface area contributed by atoms with Gasteiger partial charge in [0.05, 0.1) is 21.3 Å². The maximum atomic E-state index is 5.42. The number of rotatable bonds is 8. The summed E-state index contributed by atoms with van der Waals surface area (Å²) in [6, 6.07) is 3.75. The topological polar surface area (TPSA) is 67.4 Å². The SMILES string of the molecule is CN=C(NCC1CCCN(CC(C)C)C1)Nc1cc(OC)c(OC)c(OC)c1. The van der Waals surface area contributed by atoms with Crippen molar-refractivity contribution in [1.29, 1.82) is 0 Å². The largest absolute Gasteiger partial charge is 0.493 e. The fourth-order valence-electron chi connectivity index (χ4n) is 3.71. The van der Waals surface area contributed by atoms with Gasteiger partial charge in [-0.15, -0.1) is 0 Å². The molecular weight excluding hydrogens is 356 g/mol. The van der Waals surface area contributed by atoms with Crippen LogP contribution in [0.25, 0.3) is 0 Å². The van der Waals surface area contributed by atoms with Gasteiger partial charge in [-0.3, -0.25) is 4.99 Å². The van der Waals surface area contributed by atoms with Crippen molar-refractivity contribution in [3.8, 4) is 17.2 Å². The number of hydrogen-bond donors (Lipinski definition) is 2. The molecule has 158 valence electrons. The smallest absolute Gasteiger partial charge is 0.203 e. The Bertz CT molecular complexity index is 624. The highest BCUT2D eigenvalue weighted by Gasteiger charge is 2.21. The molecule has 1 aromatic carbocycles. The molecular formula is C21H36N4O3. The molecule has 0 amide bonds. The molecule has 0 bridgehead atoms. The highest BCUT2D eigenvalue weighted by atomic mass is 16.5. The molecule has 1 unspecified atom stereocenters. The summed E-state index contributed by atoms with van der Waals surface area (Å²) in [6.07, 6.45) is 2.51. The van der Waals surface area contributed by atoms with Crippen molar-refractivity contribution in [3.05, 3.63) is 12.1 Å². The van der Waals surface area contributed by atoms with Crippen LogP contribution in [0.1, 0.15) is 26.7 Å². The van der Waals surface area contributed by atoms with Gasteiger partial charge in [0.1, 0.15) is 0 Å². The summed E-state index contributed by atoms with van der Waals surface area (Å²) in [4.78, 5) is 6.94. The molecule has 0 aromatic heterocycles. The molecule has 1 heterocycles. The Morgan fingerprint density at radius 3 is 2.39 bits per heavy atom. The molecule has 1 aliphatic rings. The van der Waals surface area contributed by atoms with Crippen molar-refractivity contribution in [3.63, 3.8) is 0 Å². The van der Waals surface area contributed by atoms with Gasteiger partial charge in [-0.1, -0.05) is 13.8 Å². The van der Waals surface area contributed by atoms with Crippen molar-refractivity contribution in [2.45, 2.75) is 26.7 Å². The number of ether oxygens (including phenoxy) is 3. The first kappa shape index (κ1) is 22.1. The molecule has 1 atom stereocenters. The molecule has 0 spiro atoms. The Morgan fingerprint density at radius 1 is 1.18 bits per heavy atom. The summed E-state index contributed by atoms with van der Waals surface area (Å²) < 4.78 is 16.2. The average molecular weight is 393 g/mol. The van der Waals surface area contributed by atoms with Crippen LogP contribution >= 0.6 is 0 Å². The van der Waals surface area contributed by atoms with Gasteiger partial charge in [0.25, 0.3) is 0 Å². The standard InChI is InChI=1S/C21H36N4O3/c1-15(2)13-25-9-7-8-16(14-25)12-23-21(22-3)24-17-10-18(26-4)20(28-6)19(11-17)27-5/h10-11,15-16H,7-9,12-14H2,1-6H3,(H2,22,23,24). The highest BCUT2D eigenvalue weighted by Crippen LogP contribution is 2.39. The van der Waals surface area contributed by atoms with E-state index in [1.54, 1.807) is 28.4 Å². The predicted octanol–water partition coefficient (Wildman–Crippen LogP) is 3.07. The molecule has 7 heteroatoms. The van der Waals surface area contributed by atoms with E-state index in [1.807, 2.05) is 12.1 Å². The summed E-state index contributed by atoms with van der Waals surface area (Å²) in [5.41, 5.74) is 0.827. The molecule has 28 heavy (non-hydrogen) atoms. The maximum Gasteiger partial charge on any atom is 0.203 e. The zero-order valence-electron chi connectivity index (χ0n) is 18.2. The fraction of sp³-hybridized carbons (Fsp3) is 0.667. The van der Waals surface area contributed by atoms with E-state index in [2.05, 4.69) is 34.4 Å². The van der Waals surface area contributed by atoms with Gasteiger partial charge in [-0.25, -0.2) is 0 Å². The van der Waals surface area contributed by atoms with Gasteiger partial charge in [0.15, 0.2) is 17.5 Å². The van der Waals surface area contributed by atoms with Crippen LogP contribution in [0.3, 0.4) is 0 Å². The first-order chi connectivity index (χ1) is 13.5. The van der Waals surface area contributed by atoms with Crippen LogP contribution < -0.4 is 24.8 Å². The van der Waals surface area contributed by atoms with Crippen LogP contribution in [0, 0.1) is 11.8 Å². The number of nitrogens with one attached hydrogen (secondary N) is 2. The van der Waals surface area contributed by atoms with Crippen LogP contribution in [0.2, 0.25) is 0 Å². The average Bonchev–Trinajstić information content (AvgIpc) is 2.69. The monoisotopic (exact) mass is 392 g/mol. The summed E-state index contributed by atoms with van der Waals surface area (Å²) in [5, 5.41) is 6.79. The number of guanidine groups is 1. The molecule has 0 radical (unpaired) electrons. The third-order valence-corrected chi connectivity index (χ3v) is 4.94. The van der Waals surface area contributed by atoms with Crippen LogP contribution in [0.4, 0.5) is 5.69 Å². The number of anilines is 1. The van der Waals surface area contributed by atoms with E-state index in [1.165, 1.54) is 25.9 Å². The van der Waals surface area contributed by atoms with Gasteiger partial charge in [-0.2, -0.15) is 0 Å². The summed E-state index contributed by atoms with van der Waals surface area (Å²) in [6.45, 7) is 9.00. The molecule has 2 rings (SSSR count). The van der Waals surface area contributed by atoms with Crippen molar-refractivity contribution in [2.24, 2.45) is 16.8 Å². The second-order valence-corrected chi connectivity index (χ2v) is 7.65. The van der Waals surface area contributed by atoms with Gasteiger partial charge < -0.3 is 29.7 Å². The summed E-state index contributed by atoms with van der Waals surface area (Å²) >= 11 is 0. The van der Waals surface area contributed by atoms with Crippen molar-refractivity contribution in [2.75, 3.05) is 59.9 Å². The van der Waals surface area contributed by atoms with E-state index < -0.39 is 0 Å². The number of likely N-dealkylation sites (tertiary alicyclic amines) is 1. The van der Waals surface area contributed by atoms with E-state index in [4.69, 9.17) is 14.2 Å². The minimum Gasteiger partial charge on any atom is -0.493 e. The fourth-order valence-corrected chi connectivity index (χ4v) is 3.71. The number of nitrogens with zero attached hydrogens (tertiary/aromatic N) is 2. The lowest BCUT2D eigenvalue weighted by Gasteiger charge is -2.34. The molecule has 1 aromatic rings. The minimum atomic E-state index is 0.575. The zero-order valence-corrected chi connectivity index (χ0v) is 18.2. The number of piperidine rings is 1. The quantitative estimate of drug-likeness (QED) is 0.524. The van der Waals surface area contributed by atoms with Crippen LogP contribution in [-0.4, -0.2) is 65.4 Å². The molecule has 0 aliphatic carbocycles. The lowest BCUT2D eigenvalue weighted by Crippen LogP contribution is -2.43. The lowest BCUT2D eigenvalue weighted by atomic mass is 9.97.